The minimum Gasteiger partial charge on any atom is -0.390 e. The molecule has 2 aromatic heterocycles. The minimum absolute atomic E-state index is 0.254. The number of alkyl halides is 2. The van der Waals surface area contributed by atoms with Gasteiger partial charge in [0, 0.05) is 24.2 Å². The van der Waals surface area contributed by atoms with E-state index < -0.39 is 25.0 Å². The standard InChI is InChI=1S/C13H15F2N3O2S/c1-8-17-10(5-21-8)9-3-11(18(2)4-9)12(20)16-6-13(14,15)7-19/h3-5,19H,6-7H2,1-2H3,(H,16,20). The van der Waals surface area contributed by atoms with Gasteiger partial charge in [0.15, 0.2) is 0 Å². The molecule has 0 aliphatic rings. The Balaban J connectivity index is 2.14. The number of rotatable bonds is 5. The molecule has 0 unspecified atom stereocenters. The molecule has 0 saturated heterocycles. The number of nitrogens with zero attached hydrogens (tertiary/aromatic N) is 2. The summed E-state index contributed by atoms with van der Waals surface area (Å²) in [5.74, 6) is -3.95. The van der Waals surface area contributed by atoms with E-state index >= 15 is 0 Å². The SMILES string of the molecule is Cc1nc(-c2cc(C(=O)NCC(F)(F)CO)n(C)c2)cs1. The highest BCUT2D eigenvalue weighted by Crippen LogP contribution is 2.23. The van der Waals surface area contributed by atoms with Gasteiger partial charge in [0.25, 0.3) is 11.8 Å². The smallest absolute Gasteiger partial charge is 0.287 e. The first-order chi connectivity index (χ1) is 9.82. The van der Waals surface area contributed by atoms with E-state index in [4.69, 9.17) is 5.11 Å². The van der Waals surface area contributed by atoms with Crippen molar-refractivity contribution in [2.45, 2.75) is 12.8 Å². The molecule has 0 spiro atoms. The van der Waals surface area contributed by atoms with Crippen molar-refractivity contribution in [2.24, 2.45) is 7.05 Å². The second-order valence-corrected chi connectivity index (χ2v) is 5.74. The molecule has 2 N–H and O–H groups in total. The summed E-state index contributed by atoms with van der Waals surface area (Å²) in [6, 6.07) is 1.60. The molecule has 0 bridgehead atoms. The molecule has 0 fully saturated rings. The fraction of sp³-hybridized carbons (Fsp3) is 0.385. The second-order valence-electron chi connectivity index (χ2n) is 4.67. The first-order valence-electron chi connectivity index (χ1n) is 6.18. The quantitative estimate of drug-likeness (QED) is 0.884. The van der Waals surface area contributed by atoms with Crippen LogP contribution in [0.15, 0.2) is 17.6 Å². The summed E-state index contributed by atoms with van der Waals surface area (Å²) in [6.07, 6.45) is 1.72. The third kappa shape index (κ3) is 3.64. The van der Waals surface area contributed by atoms with Crippen molar-refractivity contribution in [2.75, 3.05) is 13.2 Å². The lowest BCUT2D eigenvalue weighted by Crippen LogP contribution is -2.39. The zero-order valence-electron chi connectivity index (χ0n) is 11.6. The van der Waals surface area contributed by atoms with Crippen LogP contribution in [0.2, 0.25) is 0 Å². The average Bonchev–Trinajstić information content (AvgIpc) is 3.02. The van der Waals surface area contributed by atoms with Crippen LogP contribution in [0, 0.1) is 6.92 Å². The molecule has 0 atom stereocenters. The Labute approximate surface area is 124 Å². The Morgan fingerprint density at radius 3 is 2.86 bits per heavy atom. The molecule has 114 valence electrons. The summed E-state index contributed by atoms with van der Waals surface area (Å²) in [5.41, 5.74) is 1.75. The highest BCUT2D eigenvalue weighted by molar-refractivity contribution is 7.09. The molecule has 0 aliphatic carbocycles. The number of hydrogen-bond acceptors (Lipinski definition) is 4. The zero-order valence-corrected chi connectivity index (χ0v) is 12.4. The molecule has 8 heteroatoms. The summed E-state index contributed by atoms with van der Waals surface area (Å²) < 4.78 is 27.4. The summed E-state index contributed by atoms with van der Waals surface area (Å²) in [4.78, 5) is 16.2. The van der Waals surface area contributed by atoms with E-state index in [1.807, 2.05) is 12.3 Å². The number of amides is 1. The van der Waals surface area contributed by atoms with Gasteiger partial charge in [-0.2, -0.15) is 0 Å². The Morgan fingerprint density at radius 2 is 2.29 bits per heavy atom. The molecule has 21 heavy (non-hydrogen) atoms. The number of thiazole rings is 1. The zero-order chi connectivity index (χ0) is 15.6. The molecule has 1 amide bonds. The van der Waals surface area contributed by atoms with Crippen LogP contribution in [-0.2, 0) is 7.05 Å². The monoisotopic (exact) mass is 315 g/mol. The van der Waals surface area contributed by atoms with Gasteiger partial charge in [0.2, 0.25) is 0 Å². The van der Waals surface area contributed by atoms with Crippen LogP contribution in [0.25, 0.3) is 11.3 Å². The number of halogens is 2. The van der Waals surface area contributed by atoms with Crippen LogP contribution < -0.4 is 5.32 Å². The fourth-order valence-electron chi connectivity index (χ4n) is 1.78. The largest absolute Gasteiger partial charge is 0.390 e. The Morgan fingerprint density at radius 1 is 1.57 bits per heavy atom. The normalized spacial score (nSPS) is 11.7. The van der Waals surface area contributed by atoms with Gasteiger partial charge >= 0.3 is 0 Å². The predicted molar refractivity (Wildman–Crippen MR) is 75.6 cm³/mol. The van der Waals surface area contributed by atoms with Crippen molar-refractivity contribution in [3.8, 4) is 11.3 Å². The lowest BCUT2D eigenvalue weighted by Gasteiger charge is -2.13. The predicted octanol–water partition coefficient (Wildman–Crippen LogP) is 1.81. The first kappa shape index (κ1) is 15.6. The number of aromatic nitrogens is 2. The van der Waals surface area contributed by atoms with Crippen molar-refractivity contribution in [3.05, 3.63) is 28.3 Å². The second kappa shape index (κ2) is 5.90. The maximum atomic E-state index is 12.9. The van der Waals surface area contributed by atoms with E-state index in [2.05, 4.69) is 10.3 Å². The van der Waals surface area contributed by atoms with E-state index in [1.54, 1.807) is 23.9 Å². The number of hydrogen-bond donors (Lipinski definition) is 2. The maximum Gasteiger partial charge on any atom is 0.287 e. The van der Waals surface area contributed by atoms with Crippen LogP contribution in [0.1, 0.15) is 15.5 Å². The molecule has 5 nitrogen and oxygen atoms in total. The van der Waals surface area contributed by atoms with Gasteiger partial charge in [-0.25, -0.2) is 13.8 Å². The maximum absolute atomic E-state index is 12.9. The van der Waals surface area contributed by atoms with Crippen molar-refractivity contribution in [1.29, 1.82) is 0 Å². The molecule has 0 aliphatic heterocycles. The Kier molecular flexibility index (Phi) is 4.38. The molecule has 2 aromatic rings. The number of aliphatic hydroxyl groups excluding tert-OH is 1. The van der Waals surface area contributed by atoms with Gasteiger partial charge in [-0.1, -0.05) is 0 Å². The topological polar surface area (TPSA) is 67.2 Å². The highest BCUT2D eigenvalue weighted by Gasteiger charge is 2.28. The first-order valence-corrected chi connectivity index (χ1v) is 7.06. The molecule has 0 radical (unpaired) electrons. The van der Waals surface area contributed by atoms with Gasteiger partial charge in [0.1, 0.15) is 12.3 Å². The molecule has 2 rings (SSSR count). The van der Waals surface area contributed by atoms with Crippen LogP contribution >= 0.6 is 11.3 Å². The van der Waals surface area contributed by atoms with Crippen LogP contribution in [0.5, 0.6) is 0 Å². The summed E-state index contributed by atoms with van der Waals surface area (Å²) >= 11 is 1.49. The lowest BCUT2D eigenvalue weighted by atomic mass is 10.2. The number of carbonyl (C=O) groups excluding carboxylic acids is 1. The van der Waals surface area contributed by atoms with Crippen molar-refractivity contribution in [1.82, 2.24) is 14.9 Å². The third-order valence-corrected chi connectivity index (χ3v) is 3.66. The minimum atomic E-state index is -3.32. The number of aryl methyl sites for hydroxylation is 2. The average molecular weight is 315 g/mol. The Hall–Kier alpha value is -1.80. The molecule has 0 aromatic carbocycles. The van der Waals surface area contributed by atoms with Gasteiger partial charge in [-0.05, 0) is 13.0 Å². The highest BCUT2D eigenvalue weighted by atomic mass is 32.1. The number of aliphatic hydroxyl groups is 1. The van der Waals surface area contributed by atoms with E-state index in [9.17, 15) is 13.6 Å². The number of carbonyl (C=O) groups is 1. The molecule has 2 heterocycles. The van der Waals surface area contributed by atoms with Crippen LogP contribution in [-0.4, -0.2) is 39.6 Å². The molecular weight excluding hydrogens is 300 g/mol. The van der Waals surface area contributed by atoms with E-state index in [0.717, 1.165) is 16.3 Å². The van der Waals surface area contributed by atoms with Crippen molar-refractivity contribution in [3.63, 3.8) is 0 Å². The van der Waals surface area contributed by atoms with E-state index in [0.29, 0.717) is 0 Å². The van der Waals surface area contributed by atoms with Gasteiger partial charge in [-0.3, -0.25) is 4.79 Å². The van der Waals surface area contributed by atoms with Gasteiger partial charge in [0.05, 0.1) is 17.2 Å². The Bertz CT molecular complexity index is 652. The summed E-state index contributed by atoms with van der Waals surface area (Å²) in [6.45, 7) is -0.329. The molecule has 0 saturated carbocycles. The van der Waals surface area contributed by atoms with Crippen molar-refractivity contribution < 1.29 is 18.7 Å². The van der Waals surface area contributed by atoms with Gasteiger partial charge in [-0.15, -0.1) is 11.3 Å². The summed E-state index contributed by atoms with van der Waals surface area (Å²) in [7, 11) is 1.65. The van der Waals surface area contributed by atoms with Gasteiger partial charge < -0.3 is 15.0 Å². The van der Waals surface area contributed by atoms with Crippen molar-refractivity contribution >= 4 is 17.2 Å². The number of nitrogens with one attached hydrogen (secondary N) is 1. The van der Waals surface area contributed by atoms with Crippen LogP contribution in [0.4, 0.5) is 8.78 Å². The molecular formula is C13H15F2N3O2S. The van der Waals surface area contributed by atoms with E-state index in [1.165, 1.54) is 11.3 Å². The fourth-order valence-corrected chi connectivity index (χ4v) is 2.40. The summed E-state index contributed by atoms with van der Waals surface area (Å²) in [5, 5.41) is 13.4. The lowest BCUT2D eigenvalue weighted by molar-refractivity contribution is -0.0462. The third-order valence-electron chi connectivity index (χ3n) is 2.89. The van der Waals surface area contributed by atoms with Crippen LogP contribution in [0.3, 0.4) is 0 Å². The van der Waals surface area contributed by atoms with E-state index in [-0.39, 0.29) is 5.69 Å².